The number of methoxy groups -OCH3 is 1. The minimum atomic E-state index is -0.226. The van der Waals surface area contributed by atoms with Gasteiger partial charge >= 0.3 is 5.97 Å². The molecule has 0 saturated carbocycles. The summed E-state index contributed by atoms with van der Waals surface area (Å²) in [5, 5.41) is 0. The summed E-state index contributed by atoms with van der Waals surface area (Å²) < 4.78 is 4.42. The topological polar surface area (TPSA) is 26.3 Å². The van der Waals surface area contributed by atoms with Crippen molar-refractivity contribution in [2.75, 3.05) is 7.11 Å². The van der Waals surface area contributed by atoms with E-state index in [0.29, 0.717) is 5.57 Å². The summed E-state index contributed by atoms with van der Waals surface area (Å²) in [6, 6.07) is 0. The van der Waals surface area contributed by atoms with Crippen molar-refractivity contribution >= 4 is 5.97 Å². The van der Waals surface area contributed by atoms with Gasteiger partial charge in [0, 0.05) is 12.0 Å². The van der Waals surface area contributed by atoms with Crippen molar-refractivity contribution in [3.05, 3.63) is 18.1 Å². The summed E-state index contributed by atoms with van der Waals surface area (Å²) >= 11 is 0. The maximum atomic E-state index is 10.5. The Hall–Kier alpha value is -0.790. The van der Waals surface area contributed by atoms with Gasteiger partial charge in [-0.25, -0.2) is 4.79 Å². The highest BCUT2D eigenvalue weighted by Crippen LogP contribution is 2.16. The van der Waals surface area contributed by atoms with Crippen molar-refractivity contribution in [1.82, 2.24) is 0 Å². The van der Waals surface area contributed by atoms with Gasteiger partial charge in [-0.15, -0.1) is 0 Å². The third-order valence-corrected chi connectivity index (χ3v) is 1.10. The van der Waals surface area contributed by atoms with Gasteiger partial charge < -0.3 is 4.74 Å². The standard InChI is InChI=1S/C6H7O2/c1-8-6(7)5-3-2-4-5/h3-4H,2H2,1H3. The molecule has 0 heterocycles. The van der Waals surface area contributed by atoms with Crippen LogP contribution in [0.4, 0.5) is 0 Å². The summed E-state index contributed by atoms with van der Waals surface area (Å²) in [6.45, 7) is 0. The van der Waals surface area contributed by atoms with Crippen LogP contribution in [0.25, 0.3) is 0 Å². The smallest absolute Gasteiger partial charge is 0.333 e. The number of hydrogen-bond acceptors (Lipinski definition) is 2. The first-order valence-corrected chi connectivity index (χ1v) is 2.46. The molecule has 0 saturated heterocycles. The van der Waals surface area contributed by atoms with Crippen molar-refractivity contribution in [3.8, 4) is 0 Å². The lowest BCUT2D eigenvalue weighted by atomic mass is 10.00. The molecule has 1 radical (unpaired) electrons. The Bertz CT molecular complexity index is 135. The molecule has 0 amide bonds. The molecular formula is C6H7O2. The first-order chi connectivity index (χ1) is 3.84. The second-order valence-electron chi connectivity index (χ2n) is 1.59. The zero-order chi connectivity index (χ0) is 5.98. The second kappa shape index (κ2) is 1.99. The molecule has 1 aliphatic rings. The Labute approximate surface area is 48.1 Å². The predicted molar refractivity (Wildman–Crippen MR) is 29.0 cm³/mol. The van der Waals surface area contributed by atoms with E-state index in [1.165, 1.54) is 7.11 Å². The molecule has 0 N–H and O–H groups in total. The molecule has 0 aliphatic heterocycles. The lowest BCUT2D eigenvalue weighted by molar-refractivity contribution is -0.136. The van der Waals surface area contributed by atoms with Gasteiger partial charge in [-0.2, -0.15) is 0 Å². The monoisotopic (exact) mass is 111 g/mol. The zero-order valence-electron chi connectivity index (χ0n) is 4.68. The van der Waals surface area contributed by atoms with Crippen LogP contribution in [-0.2, 0) is 9.53 Å². The summed E-state index contributed by atoms with van der Waals surface area (Å²) in [4.78, 5) is 10.5. The number of rotatable bonds is 1. The van der Waals surface area contributed by atoms with Crippen LogP contribution in [0.1, 0.15) is 6.42 Å². The van der Waals surface area contributed by atoms with Crippen molar-refractivity contribution < 1.29 is 9.53 Å². The highest BCUT2D eigenvalue weighted by Gasteiger charge is 2.14. The summed E-state index contributed by atoms with van der Waals surface area (Å²) in [7, 11) is 1.38. The van der Waals surface area contributed by atoms with Crippen LogP contribution in [0.5, 0.6) is 0 Å². The molecule has 1 aliphatic carbocycles. The van der Waals surface area contributed by atoms with Crippen LogP contribution in [0.2, 0.25) is 0 Å². The number of hydrogen-bond donors (Lipinski definition) is 0. The predicted octanol–water partition coefficient (Wildman–Crippen LogP) is 0.694. The Kier molecular flexibility index (Phi) is 1.33. The molecule has 43 valence electrons. The number of carbonyl (C=O) groups excluding carboxylic acids is 1. The van der Waals surface area contributed by atoms with Gasteiger partial charge in [0.15, 0.2) is 0 Å². The van der Waals surface area contributed by atoms with Crippen LogP contribution in [0, 0.1) is 6.42 Å². The molecule has 0 aromatic rings. The third kappa shape index (κ3) is 0.735. The molecule has 8 heavy (non-hydrogen) atoms. The first kappa shape index (κ1) is 5.35. The van der Waals surface area contributed by atoms with Crippen LogP contribution in [-0.4, -0.2) is 13.1 Å². The van der Waals surface area contributed by atoms with Gasteiger partial charge in [-0.1, -0.05) is 6.08 Å². The van der Waals surface area contributed by atoms with E-state index in [4.69, 9.17) is 0 Å². The number of allylic oxidation sites excluding steroid dienone is 1. The van der Waals surface area contributed by atoms with Crippen LogP contribution < -0.4 is 0 Å². The average Bonchev–Trinajstić information content (AvgIpc) is 1.62. The Balaban J connectivity index is 2.47. The van der Waals surface area contributed by atoms with Crippen molar-refractivity contribution in [2.24, 2.45) is 0 Å². The Morgan fingerprint density at radius 3 is 2.62 bits per heavy atom. The maximum absolute atomic E-state index is 10.5. The molecule has 2 heteroatoms. The fraction of sp³-hybridized carbons (Fsp3) is 0.333. The van der Waals surface area contributed by atoms with Gasteiger partial charge in [0.1, 0.15) is 0 Å². The fourth-order valence-corrected chi connectivity index (χ4v) is 0.520. The summed E-state index contributed by atoms with van der Waals surface area (Å²) in [6.07, 6.45) is 4.59. The van der Waals surface area contributed by atoms with Crippen LogP contribution >= 0.6 is 0 Å². The molecule has 0 aromatic heterocycles. The van der Waals surface area contributed by atoms with E-state index in [2.05, 4.69) is 4.74 Å². The maximum Gasteiger partial charge on any atom is 0.333 e. The lowest BCUT2D eigenvalue weighted by Crippen LogP contribution is -2.09. The molecule has 0 atom stereocenters. The van der Waals surface area contributed by atoms with E-state index in [1.807, 2.05) is 12.5 Å². The fourth-order valence-electron chi connectivity index (χ4n) is 0.520. The van der Waals surface area contributed by atoms with Gasteiger partial charge in [0.05, 0.1) is 7.11 Å². The molecule has 2 nitrogen and oxygen atoms in total. The Morgan fingerprint density at radius 1 is 1.88 bits per heavy atom. The van der Waals surface area contributed by atoms with Gasteiger partial charge in [-0.3, -0.25) is 0 Å². The summed E-state index contributed by atoms with van der Waals surface area (Å²) in [5.41, 5.74) is 0.701. The zero-order valence-corrected chi connectivity index (χ0v) is 4.68. The minimum absolute atomic E-state index is 0.226. The number of carbonyl (C=O) groups is 1. The molecule has 0 aromatic carbocycles. The number of esters is 1. The molecule has 0 spiro atoms. The molecule has 1 rings (SSSR count). The molecular weight excluding hydrogens is 104 g/mol. The third-order valence-electron chi connectivity index (χ3n) is 1.10. The second-order valence-corrected chi connectivity index (χ2v) is 1.59. The van der Waals surface area contributed by atoms with E-state index < -0.39 is 0 Å². The largest absolute Gasteiger partial charge is 0.466 e. The lowest BCUT2D eigenvalue weighted by Gasteiger charge is -2.09. The summed E-state index contributed by atoms with van der Waals surface area (Å²) in [5.74, 6) is -0.226. The van der Waals surface area contributed by atoms with Crippen LogP contribution in [0.3, 0.4) is 0 Å². The van der Waals surface area contributed by atoms with Crippen molar-refractivity contribution in [3.63, 3.8) is 0 Å². The van der Waals surface area contributed by atoms with E-state index >= 15 is 0 Å². The van der Waals surface area contributed by atoms with Gasteiger partial charge in [-0.05, 0) is 6.42 Å². The molecule has 0 bridgehead atoms. The van der Waals surface area contributed by atoms with E-state index in [9.17, 15) is 4.79 Å². The minimum Gasteiger partial charge on any atom is -0.466 e. The van der Waals surface area contributed by atoms with Gasteiger partial charge in [0.2, 0.25) is 0 Å². The van der Waals surface area contributed by atoms with E-state index in [-0.39, 0.29) is 5.97 Å². The average molecular weight is 111 g/mol. The van der Waals surface area contributed by atoms with Gasteiger partial charge in [0.25, 0.3) is 0 Å². The van der Waals surface area contributed by atoms with Crippen LogP contribution in [0.15, 0.2) is 11.6 Å². The highest BCUT2D eigenvalue weighted by atomic mass is 16.5. The molecule has 0 unspecified atom stereocenters. The van der Waals surface area contributed by atoms with Crippen molar-refractivity contribution in [2.45, 2.75) is 6.42 Å². The van der Waals surface area contributed by atoms with E-state index in [1.54, 1.807) is 0 Å². The Morgan fingerprint density at radius 2 is 2.50 bits per heavy atom. The number of ether oxygens (including phenoxy) is 1. The van der Waals surface area contributed by atoms with Crippen molar-refractivity contribution in [1.29, 1.82) is 0 Å². The first-order valence-electron chi connectivity index (χ1n) is 2.46. The molecule has 0 fully saturated rings. The highest BCUT2D eigenvalue weighted by molar-refractivity contribution is 5.92. The SMILES string of the molecule is COC(=O)C1=CC[CH]1. The normalized spacial score (nSPS) is 16.4. The quantitative estimate of drug-likeness (QED) is 0.465. The van der Waals surface area contributed by atoms with E-state index in [0.717, 1.165) is 6.42 Å².